The van der Waals surface area contributed by atoms with Crippen molar-refractivity contribution in [2.75, 3.05) is 6.61 Å². The van der Waals surface area contributed by atoms with Crippen molar-refractivity contribution in [3.8, 4) is 0 Å². The second-order valence-corrected chi connectivity index (χ2v) is 11.2. The summed E-state index contributed by atoms with van der Waals surface area (Å²) in [6.45, 7) is 9.73. The molecule has 5 N–H and O–H groups in total. The zero-order chi connectivity index (χ0) is 24.9. The smallest absolute Gasteiger partial charge is 0.309 e. The molecule has 1 unspecified atom stereocenters. The first-order chi connectivity index (χ1) is 15.2. The van der Waals surface area contributed by atoms with E-state index < -0.39 is 82.4 Å². The molecular formula is C25H36O8. The van der Waals surface area contributed by atoms with E-state index in [1.807, 2.05) is 20.8 Å². The first kappa shape index (κ1) is 24.5. The molecule has 0 bridgehead atoms. The van der Waals surface area contributed by atoms with Crippen molar-refractivity contribution >= 4 is 11.8 Å². The Labute approximate surface area is 194 Å². The standard InChI is InChI=1S/C25H36O8/c1-7-11(2)21(30)33-25-18(22(25,5)6)16-17(27)14(10-26)9-23(31)15(8-12(3)19(23)28)24(16,32)13(4)20(25)29/h8-9,11,13,15-18,20,26-27,29,31-32H,7,10H2,1-6H3/t11?,13-,15-,16+,17+,18-,20-,23-,24+,25-/m1/s1. The first-order valence-corrected chi connectivity index (χ1v) is 11.8. The Morgan fingerprint density at radius 3 is 2.39 bits per heavy atom. The van der Waals surface area contributed by atoms with Crippen LogP contribution in [-0.4, -0.2) is 72.9 Å². The SMILES string of the molecule is CCC(C)C(=O)O[C@@]12[C@H](O)[C@@H](C)[C@@]3(O)[C@H]([C@@H]1C2(C)C)[C@@H](O)C(CO)=C[C@]1(O)C(=O)C(C)=C[C@@H]31. The van der Waals surface area contributed by atoms with Crippen LogP contribution in [0.25, 0.3) is 0 Å². The fourth-order valence-electron chi connectivity index (χ4n) is 7.18. The topological polar surface area (TPSA) is 145 Å². The summed E-state index contributed by atoms with van der Waals surface area (Å²) in [7, 11) is 0. The number of aliphatic hydroxyl groups is 5. The van der Waals surface area contributed by atoms with Crippen molar-refractivity contribution in [2.24, 2.45) is 35.0 Å². The number of hydrogen-bond donors (Lipinski definition) is 5. The molecule has 10 atom stereocenters. The van der Waals surface area contributed by atoms with Crippen LogP contribution in [-0.2, 0) is 14.3 Å². The lowest BCUT2D eigenvalue weighted by atomic mass is 9.58. The third kappa shape index (κ3) is 2.70. The van der Waals surface area contributed by atoms with Crippen LogP contribution >= 0.6 is 0 Å². The number of aliphatic hydroxyl groups excluding tert-OH is 3. The Bertz CT molecular complexity index is 952. The molecule has 0 spiro atoms. The molecule has 4 aliphatic rings. The summed E-state index contributed by atoms with van der Waals surface area (Å²) in [5.41, 5.74) is -5.96. The van der Waals surface area contributed by atoms with Crippen LogP contribution in [0.1, 0.15) is 48.0 Å². The van der Waals surface area contributed by atoms with Gasteiger partial charge in [0.2, 0.25) is 0 Å². The number of hydrogen-bond acceptors (Lipinski definition) is 8. The summed E-state index contributed by atoms with van der Waals surface area (Å²) in [6, 6.07) is 0. The van der Waals surface area contributed by atoms with E-state index in [1.165, 1.54) is 6.08 Å². The molecular weight excluding hydrogens is 428 g/mol. The molecule has 4 rings (SSSR count). The minimum Gasteiger partial charge on any atom is -0.455 e. The van der Waals surface area contributed by atoms with Crippen molar-refractivity contribution in [1.29, 1.82) is 0 Å². The van der Waals surface area contributed by atoms with Crippen molar-refractivity contribution in [2.45, 2.75) is 77.0 Å². The van der Waals surface area contributed by atoms with Crippen molar-refractivity contribution < 1.29 is 39.9 Å². The highest BCUT2D eigenvalue weighted by Gasteiger charge is 2.87. The van der Waals surface area contributed by atoms with Gasteiger partial charge in [0.15, 0.2) is 11.4 Å². The predicted molar refractivity (Wildman–Crippen MR) is 118 cm³/mol. The Morgan fingerprint density at radius 1 is 1.24 bits per heavy atom. The number of Topliss-reactive ketones (excluding diaryl/α,β-unsaturated/α-hetero) is 1. The zero-order valence-electron chi connectivity index (χ0n) is 20.1. The summed E-state index contributed by atoms with van der Waals surface area (Å²) < 4.78 is 6.00. The molecule has 0 saturated heterocycles. The summed E-state index contributed by atoms with van der Waals surface area (Å²) in [6.07, 6.45) is 0.494. The predicted octanol–water partition coefficient (Wildman–Crippen LogP) is 0.498. The van der Waals surface area contributed by atoms with Crippen molar-refractivity contribution in [3.05, 3.63) is 23.3 Å². The van der Waals surface area contributed by atoms with Gasteiger partial charge in [-0.15, -0.1) is 0 Å². The van der Waals surface area contributed by atoms with Gasteiger partial charge in [-0.3, -0.25) is 9.59 Å². The van der Waals surface area contributed by atoms with Crippen LogP contribution in [0.15, 0.2) is 23.3 Å². The zero-order valence-corrected chi connectivity index (χ0v) is 20.1. The van der Waals surface area contributed by atoms with Gasteiger partial charge in [0, 0.05) is 29.1 Å². The summed E-state index contributed by atoms with van der Waals surface area (Å²) in [4.78, 5) is 25.8. The van der Waals surface area contributed by atoms with Crippen LogP contribution in [0.5, 0.6) is 0 Å². The Kier molecular flexibility index (Phi) is 5.36. The number of rotatable bonds is 4. The minimum atomic E-state index is -2.16. The van der Waals surface area contributed by atoms with Crippen molar-refractivity contribution in [3.63, 3.8) is 0 Å². The second-order valence-electron chi connectivity index (χ2n) is 11.2. The Hall–Kier alpha value is -1.58. The molecule has 0 heterocycles. The Morgan fingerprint density at radius 2 is 1.85 bits per heavy atom. The van der Waals surface area contributed by atoms with Gasteiger partial charge in [0.25, 0.3) is 0 Å². The van der Waals surface area contributed by atoms with E-state index in [-0.39, 0.29) is 11.1 Å². The molecule has 8 heteroatoms. The monoisotopic (exact) mass is 464 g/mol. The molecule has 33 heavy (non-hydrogen) atoms. The number of carbonyl (C=O) groups excluding carboxylic acids is 2. The molecule has 0 radical (unpaired) electrons. The minimum absolute atomic E-state index is 0.0216. The number of carbonyl (C=O) groups is 2. The molecule has 0 aliphatic heterocycles. The second kappa shape index (κ2) is 7.21. The molecule has 0 amide bonds. The molecule has 0 aromatic heterocycles. The van der Waals surface area contributed by atoms with Crippen molar-refractivity contribution in [1.82, 2.24) is 0 Å². The molecule has 4 aliphatic carbocycles. The van der Waals surface area contributed by atoms with E-state index in [1.54, 1.807) is 20.8 Å². The largest absolute Gasteiger partial charge is 0.455 e. The quantitative estimate of drug-likeness (QED) is 0.299. The first-order valence-electron chi connectivity index (χ1n) is 11.8. The maximum atomic E-state index is 13.0. The van der Waals surface area contributed by atoms with E-state index in [2.05, 4.69) is 0 Å². The van der Waals surface area contributed by atoms with E-state index in [0.717, 1.165) is 6.08 Å². The highest BCUT2D eigenvalue weighted by atomic mass is 16.6. The number of esters is 1. The van der Waals surface area contributed by atoms with E-state index in [4.69, 9.17) is 4.74 Å². The molecule has 2 saturated carbocycles. The van der Waals surface area contributed by atoms with Crippen LogP contribution in [0.4, 0.5) is 0 Å². The molecule has 184 valence electrons. The third-order valence-electron chi connectivity index (χ3n) is 9.40. The van der Waals surface area contributed by atoms with Crippen LogP contribution in [0, 0.1) is 35.0 Å². The van der Waals surface area contributed by atoms with Gasteiger partial charge in [-0.05, 0) is 30.6 Å². The maximum absolute atomic E-state index is 13.0. The molecule has 0 aromatic rings. The average Bonchev–Trinajstić information content (AvgIpc) is 3.17. The van der Waals surface area contributed by atoms with Gasteiger partial charge in [0.1, 0.15) is 5.60 Å². The summed E-state index contributed by atoms with van der Waals surface area (Å²) >= 11 is 0. The normalized spacial score (nSPS) is 48.5. The van der Waals surface area contributed by atoms with Gasteiger partial charge < -0.3 is 30.3 Å². The van der Waals surface area contributed by atoms with Gasteiger partial charge in [-0.2, -0.15) is 0 Å². The number of fused-ring (bicyclic) bond motifs is 5. The maximum Gasteiger partial charge on any atom is 0.309 e. The van der Waals surface area contributed by atoms with Gasteiger partial charge in [-0.25, -0.2) is 0 Å². The fourth-order valence-corrected chi connectivity index (χ4v) is 7.18. The van der Waals surface area contributed by atoms with E-state index >= 15 is 0 Å². The number of ketones is 1. The Balaban J connectivity index is 1.91. The lowest BCUT2D eigenvalue weighted by Gasteiger charge is -2.53. The summed E-state index contributed by atoms with van der Waals surface area (Å²) in [5, 5.41) is 56.7. The van der Waals surface area contributed by atoms with Crippen LogP contribution in [0.2, 0.25) is 0 Å². The van der Waals surface area contributed by atoms with Gasteiger partial charge in [-0.1, -0.05) is 40.7 Å². The third-order valence-corrected chi connectivity index (χ3v) is 9.40. The van der Waals surface area contributed by atoms with E-state index in [0.29, 0.717) is 6.42 Å². The summed E-state index contributed by atoms with van der Waals surface area (Å²) in [5.74, 6) is -5.28. The number of ether oxygens (including phenoxy) is 1. The average molecular weight is 465 g/mol. The highest BCUT2D eigenvalue weighted by Crippen LogP contribution is 2.76. The van der Waals surface area contributed by atoms with Crippen LogP contribution in [0.3, 0.4) is 0 Å². The molecule has 2 fully saturated rings. The lowest BCUT2D eigenvalue weighted by Crippen LogP contribution is -2.67. The molecule has 8 nitrogen and oxygen atoms in total. The van der Waals surface area contributed by atoms with Gasteiger partial charge in [0.05, 0.1) is 30.3 Å². The fraction of sp³-hybridized carbons (Fsp3) is 0.760. The molecule has 0 aromatic carbocycles. The van der Waals surface area contributed by atoms with Crippen LogP contribution < -0.4 is 0 Å². The van der Waals surface area contributed by atoms with Gasteiger partial charge >= 0.3 is 5.97 Å². The van der Waals surface area contributed by atoms with E-state index in [9.17, 15) is 35.1 Å². The lowest BCUT2D eigenvalue weighted by molar-refractivity contribution is -0.234. The highest BCUT2D eigenvalue weighted by molar-refractivity contribution is 6.06.